The fraction of sp³-hybridized carbons (Fsp3) is 0.818. The lowest BCUT2D eigenvalue weighted by atomic mass is 9.83. The van der Waals surface area contributed by atoms with E-state index < -0.39 is 0 Å². The molecule has 2 saturated heterocycles. The van der Waals surface area contributed by atoms with Crippen LogP contribution >= 0.6 is 0 Å². The van der Waals surface area contributed by atoms with E-state index in [1.807, 2.05) is 7.05 Å². The number of hydrogen-bond acceptors (Lipinski definition) is 5. The minimum absolute atomic E-state index is 0.230. The number of rotatable bonds is 4. The lowest BCUT2D eigenvalue weighted by molar-refractivity contribution is 0.0855. The second kappa shape index (κ2) is 4.36. The first-order valence-corrected chi connectivity index (χ1v) is 6.22. The average Bonchev–Trinajstić information content (AvgIpc) is 3.02. The zero-order valence-corrected chi connectivity index (χ0v) is 10.0. The van der Waals surface area contributed by atoms with E-state index in [-0.39, 0.29) is 6.04 Å². The number of nitrogens with zero attached hydrogens (tertiary/aromatic N) is 3. The predicted octanol–water partition coefficient (Wildman–Crippen LogP) is -0.243. The van der Waals surface area contributed by atoms with Gasteiger partial charge in [0.25, 0.3) is 0 Å². The smallest absolute Gasteiger partial charge is 0.138 e. The molecule has 4 unspecified atom stereocenters. The molecular weight excluding hydrogens is 218 g/mol. The molecule has 3 rings (SSSR count). The summed E-state index contributed by atoms with van der Waals surface area (Å²) in [4.78, 5) is 4.25. The van der Waals surface area contributed by atoms with Gasteiger partial charge in [0.1, 0.15) is 12.2 Å². The van der Waals surface area contributed by atoms with Crippen molar-refractivity contribution >= 4 is 0 Å². The lowest BCUT2D eigenvalue weighted by Crippen LogP contribution is -2.46. The van der Waals surface area contributed by atoms with Crippen LogP contribution in [0.2, 0.25) is 0 Å². The van der Waals surface area contributed by atoms with E-state index in [0.29, 0.717) is 18.1 Å². The van der Waals surface area contributed by atoms with Gasteiger partial charge in [-0.2, -0.15) is 5.10 Å². The number of nitrogens with two attached hydrogens (primary N) is 1. The summed E-state index contributed by atoms with van der Waals surface area (Å²) in [6, 6.07) is 0.230. The van der Waals surface area contributed by atoms with Crippen molar-refractivity contribution in [2.75, 3.05) is 0 Å². The van der Waals surface area contributed by atoms with Crippen LogP contribution in [0.1, 0.15) is 25.1 Å². The maximum absolute atomic E-state index is 5.88. The highest BCUT2D eigenvalue weighted by Crippen LogP contribution is 2.40. The predicted molar refractivity (Wildman–Crippen MR) is 61.8 cm³/mol. The normalized spacial score (nSPS) is 33.2. The number of aryl methyl sites for hydroxylation is 1. The Balaban J connectivity index is 1.70. The van der Waals surface area contributed by atoms with Crippen molar-refractivity contribution in [2.24, 2.45) is 18.8 Å². The molecule has 0 aliphatic carbocycles. The average molecular weight is 237 g/mol. The minimum atomic E-state index is 0.230. The van der Waals surface area contributed by atoms with E-state index in [2.05, 4.69) is 15.5 Å². The van der Waals surface area contributed by atoms with E-state index in [9.17, 15) is 0 Å². The van der Waals surface area contributed by atoms with Gasteiger partial charge in [0.15, 0.2) is 0 Å². The van der Waals surface area contributed by atoms with Crippen molar-refractivity contribution in [1.82, 2.24) is 20.2 Å². The summed E-state index contributed by atoms with van der Waals surface area (Å²) in [7, 11) is 1.91. The van der Waals surface area contributed by atoms with Crippen molar-refractivity contribution in [2.45, 2.75) is 43.9 Å². The van der Waals surface area contributed by atoms with Gasteiger partial charge in [-0.1, -0.05) is 0 Å². The molecule has 6 heteroatoms. The molecule has 2 aliphatic rings. The van der Waals surface area contributed by atoms with E-state index in [1.54, 1.807) is 11.0 Å². The van der Waals surface area contributed by atoms with Gasteiger partial charge in [-0.25, -0.2) is 4.98 Å². The highest BCUT2D eigenvalue weighted by Gasteiger charge is 2.44. The third kappa shape index (κ3) is 1.96. The Bertz CT molecular complexity index is 393. The zero-order valence-electron chi connectivity index (χ0n) is 10.0. The topological polar surface area (TPSA) is 78.0 Å². The summed E-state index contributed by atoms with van der Waals surface area (Å²) in [5.74, 6) is 7.17. The molecule has 2 aliphatic heterocycles. The van der Waals surface area contributed by atoms with Gasteiger partial charge >= 0.3 is 0 Å². The monoisotopic (exact) mass is 237 g/mol. The van der Waals surface area contributed by atoms with Gasteiger partial charge < -0.3 is 4.74 Å². The molecule has 2 fully saturated rings. The Hall–Kier alpha value is -0.980. The summed E-state index contributed by atoms with van der Waals surface area (Å²) >= 11 is 0. The summed E-state index contributed by atoms with van der Waals surface area (Å²) < 4.78 is 7.68. The van der Waals surface area contributed by atoms with Crippen LogP contribution in [0.5, 0.6) is 0 Å². The quantitative estimate of drug-likeness (QED) is 0.558. The largest absolute Gasteiger partial charge is 0.375 e. The third-order valence-electron chi connectivity index (χ3n) is 4.09. The molecule has 0 spiro atoms. The molecule has 2 bridgehead atoms. The molecule has 0 radical (unpaired) electrons. The van der Waals surface area contributed by atoms with Crippen molar-refractivity contribution in [1.29, 1.82) is 0 Å². The molecule has 1 aromatic rings. The summed E-state index contributed by atoms with van der Waals surface area (Å²) in [5, 5.41) is 4.08. The molecule has 6 nitrogen and oxygen atoms in total. The van der Waals surface area contributed by atoms with E-state index in [0.717, 1.165) is 18.7 Å². The number of ether oxygens (including phenoxy) is 1. The lowest BCUT2D eigenvalue weighted by Gasteiger charge is -2.27. The molecule has 17 heavy (non-hydrogen) atoms. The second-order valence-electron chi connectivity index (χ2n) is 5.05. The zero-order chi connectivity index (χ0) is 11.8. The molecule has 1 aromatic heterocycles. The fourth-order valence-corrected chi connectivity index (χ4v) is 3.14. The van der Waals surface area contributed by atoms with Gasteiger partial charge in [0, 0.05) is 25.4 Å². The Morgan fingerprint density at radius 1 is 1.65 bits per heavy atom. The molecule has 94 valence electrons. The minimum Gasteiger partial charge on any atom is -0.375 e. The van der Waals surface area contributed by atoms with Crippen LogP contribution in [0, 0.1) is 5.92 Å². The SMILES string of the molecule is Cn1ncnc1CC(NN)C1CC2CCC1O2. The van der Waals surface area contributed by atoms with Crippen LogP contribution in [0.15, 0.2) is 6.33 Å². The van der Waals surface area contributed by atoms with Crippen LogP contribution in [0.3, 0.4) is 0 Å². The van der Waals surface area contributed by atoms with Crippen LogP contribution in [0.25, 0.3) is 0 Å². The molecule has 3 heterocycles. The maximum atomic E-state index is 5.88. The molecule has 0 saturated carbocycles. The molecular formula is C11H19N5O. The second-order valence-corrected chi connectivity index (χ2v) is 5.05. The summed E-state index contributed by atoms with van der Waals surface area (Å²) in [5.41, 5.74) is 2.93. The fourth-order valence-electron chi connectivity index (χ4n) is 3.14. The van der Waals surface area contributed by atoms with Crippen LogP contribution in [0.4, 0.5) is 0 Å². The number of fused-ring (bicyclic) bond motifs is 2. The van der Waals surface area contributed by atoms with Gasteiger partial charge in [0.05, 0.1) is 12.2 Å². The molecule has 4 atom stereocenters. The highest BCUT2D eigenvalue weighted by atomic mass is 16.5. The number of nitrogens with one attached hydrogen (secondary N) is 1. The number of hydrazine groups is 1. The summed E-state index contributed by atoms with van der Waals surface area (Å²) in [6.45, 7) is 0. The standard InChI is InChI=1S/C11H19N5O/c1-16-11(13-6-14-16)5-9(15-12)8-4-7-2-3-10(8)17-7/h6-10,15H,2-5,12H2,1H3. The van der Waals surface area contributed by atoms with Crippen LogP contribution in [-0.2, 0) is 18.2 Å². The van der Waals surface area contributed by atoms with Gasteiger partial charge in [-0.3, -0.25) is 16.0 Å². The van der Waals surface area contributed by atoms with Crippen molar-refractivity contribution < 1.29 is 4.74 Å². The first-order chi connectivity index (χ1) is 8.28. The Labute approximate surface area is 101 Å². The summed E-state index contributed by atoms with van der Waals surface area (Å²) in [6.07, 6.45) is 6.74. The van der Waals surface area contributed by atoms with Crippen molar-refractivity contribution in [3.8, 4) is 0 Å². The maximum Gasteiger partial charge on any atom is 0.138 e. The van der Waals surface area contributed by atoms with Crippen molar-refractivity contribution in [3.05, 3.63) is 12.2 Å². The van der Waals surface area contributed by atoms with Crippen LogP contribution in [-0.4, -0.2) is 33.0 Å². The van der Waals surface area contributed by atoms with E-state index in [4.69, 9.17) is 10.6 Å². The van der Waals surface area contributed by atoms with Crippen LogP contribution < -0.4 is 11.3 Å². The Morgan fingerprint density at radius 3 is 3.06 bits per heavy atom. The van der Waals surface area contributed by atoms with Gasteiger partial charge in [0.2, 0.25) is 0 Å². The first kappa shape index (κ1) is 11.1. The number of aromatic nitrogens is 3. The van der Waals surface area contributed by atoms with E-state index >= 15 is 0 Å². The van der Waals surface area contributed by atoms with Gasteiger partial charge in [-0.15, -0.1) is 0 Å². The third-order valence-corrected chi connectivity index (χ3v) is 4.09. The van der Waals surface area contributed by atoms with E-state index in [1.165, 1.54) is 12.8 Å². The number of hydrogen-bond donors (Lipinski definition) is 2. The first-order valence-electron chi connectivity index (χ1n) is 6.22. The Kier molecular flexibility index (Phi) is 2.85. The molecule has 0 aromatic carbocycles. The van der Waals surface area contributed by atoms with Gasteiger partial charge in [-0.05, 0) is 19.3 Å². The molecule has 3 N–H and O–H groups in total. The molecule has 0 amide bonds. The Morgan fingerprint density at radius 2 is 2.53 bits per heavy atom. The van der Waals surface area contributed by atoms with Crippen molar-refractivity contribution in [3.63, 3.8) is 0 Å². The highest BCUT2D eigenvalue weighted by molar-refractivity contribution is 4.99.